The van der Waals surface area contributed by atoms with Gasteiger partial charge in [-0.25, -0.2) is 9.18 Å². The van der Waals surface area contributed by atoms with Crippen molar-refractivity contribution < 1.29 is 14.0 Å². The first-order valence-corrected chi connectivity index (χ1v) is 9.09. The van der Waals surface area contributed by atoms with E-state index in [0.29, 0.717) is 54.4 Å². The first-order valence-electron chi connectivity index (χ1n) is 8.72. The normalized spacial score (nSPS) is 16.1. The summed E-state index contributed by atoms with van der Waals surface area (Å²) in [6.07, 6.45) is 0.583. The number of halogens is 2. The molecule has 1 saturated heterocycles. The van der Waals surface area contributed by atoms with E-state index in [2.05, 4.69) is 16.0 Å². The second kappa shape index (κ2) is 7.17. The third-order valence-corrected chi connectivity index (χ3v) is 5.13. The molecule has 2 aliphatic heterocycles. The first-order chi connectivity index (χ1) is 13.0. The molecular weight excluding hydrogens is 371 g/mol. The van der Waals surface area contributed by atoms with Crippen molar-refractivity contribution in [3.63, 3.8) is 0 Å². The van der Waals surface area contributed by atoms with Gasteiger partial charge in [0.2, 0.25) is 0 Å². The molecule has 140 valence electrons. The molecule has 1 fully saturated rings. The lowest BCUT2D eigenvalue weighted by molar-refractivity contribution is 0.102. The Kier molecular flexibility index (Phi) is 4.72. The number of nitrogens with one attached hydrogen (secondary N) is 3. The summed E-state index contributed by atoms with van der Waals surface area (Å²) in [6.45, 7) is 2.32. The minimum absolute atomic E-state index is 0.149. The van der Waals surface area contributed by atoms with Crippen molar-refractivity contribution in [1.29, 1.82) is 0 Å². The lowest BCUT2D eigenvalue weighted by Crippen LogP contribution is -2.28. The van der Waals surface area contributed by atoms with E-state index in [1.54, 1.807) is 24.3 Å². The van der Waals surface area contributed by atoms with Crippen LogP contribution in [0.2, 0.25) is 5.02 Å². The zero-order valence-corrected chi connectivity index (χ0v) is 15.2. The fourth-order valence-electron chi connectivity index (χ4n) is 3.39. The van der Waals surface area contributed by atoms with Gasteiger partial charge in [0.25, 0.3) is 5.91 Å². The molecule has 0 aliphatic carbocycles. The number of nitrogens with zero attached hydrogens (tertiary/aromatic N) is 1. The van der Waals surface area contributed by atoms with Crippen LogP contribution in [0.15, 0.2) is 30.3 Å². The van der Waals surface area contributed by atoms with Crippen LogP contribution in [-0.2, 0) is 13.0 Å². The quantitative estimate of drug-likeness (QED) is 0.757. The zero-order chi connectivity index (χ0) is 19.0. The number of hydrogen-bond acceptors (Lipinski definition) is 3. The second-order valence-electron chi connectivity index (χ2n) is 6.50. The molecule has 0 bridgehead atoms. The Bertz CT molecular complexity index is 934. The van der Waals surface area contributed by atoms with Gasteiger partial charge in [0.15, 0.2) is 0 Å². The summed E-state index contributed by atoms with van der Waals surface area (Å²) in [7, 11) is 0. The molecule has 0 spiro atoms. The average Bonchev–Trinajstić information content (AvgIpc) is 3.10. The highest BCUT2D eigenvalue weighted by molar-refractivity contribution is 6.34. The first kappa shape index (κ1) is 17.8. The van der Waals surface area contributed by atoms with E-state index in [0.717, 1.165) is 5.56 Å². The molecule has 2 aromatic rings. The standard InChI is InChI=1S/C19H18ClFN4O2/c20-14-3-1-11(9-16(14)25-8-7-23-19(25)27)18(26)24-15-4-2-12-10-22-6-5-13(12)17(15)21/h1-4,9,22H,5-8,10H2,(H,23,27)(H,24,26). The predicted octanol–water partition coefficient (Wildman–Crippen LogP) is 2.91. The molecular formula is C19H18ClFN4O2. The van der Waals surface area contributed by atoms with E-state index in [1.165, 1.54) is 4.90 Å². The highest BCUT2D eigenvalue weighted by Gasteiger charge is 2.24. The number of anilines is 2. The molecule has 0 atom stereocenters. The predicted molar refractivity (Wildman–Crippen MR) is 102 cm³/mol. The number of carbonyl (C=O) groups is 2. The maximum atomic E-state index is 14.7. The summed E-state index contributed by atoms with van der Waals surface area (Å²) in [5.41, 5.74) is 2.45. The number of benzene rings is 2. The summed E-state index contributed by atoms with van der Waals surface area (Å²) in [4.78, 5) is 26.0. The van der Waals surface area contributed by atoms with Gasteiger partial charge in [-0.3, -0.25) is 9.69 Å². The lowest BCUT2D eigenvalue weighted by atomic mass is 9.99. The number of urea groups is 1. The lowest BCUT2D eigenvalue weighted by Gasteiger charge is -2.20. The highest BCUT2D eigenvalue weighted by atomic mass is 35.5. The largest absolute Gasteiger partial charge is 0.336 e. The Hall–Kier alpha value is -2.64. The van der Waals surface area contributed by atoms with E-state index >= 15 is 0 Å². The molecule has 3 N–H and O–H groups in total. The van der Waals surface area contributed by atoms with Gasteiger partial charge < -0.3 is 16.0 Å². The van der Waals surface area contributed by atoms with E-state index in [1.807, 2.05) is 6.07 Å². The molecule has 2 aliphatic rings. The van der Waals surface area contributed by atoms with Crippen LogP contribution in [0.3, 0.4) is 0 Å². The van der Waals surface area contributed by atoms with Crippen molar-refractivity contribution in [3.05, 3.63) is 57.9 Å². The van der Waals surface area contributed by atoms with Gasteiger partial charge in [-0.05, 0) is 48.4 Å². The fraction of sp³-hybridized carbons (Fsp3) is 0.263. The second-order valence-corrected chi connectivity index (χ2v) is 6.90. The number of rotatable bonds is 3. The smallest absolute Gasteiger partial charge is 0.322 e. The van der Waals surface area contributed by atoms with Crippen molar-refractivity contribution in [1.82, 2.24) is 10.6 Å². The monoisotopic (exact) mass is 388 g/mol. The topological polar surface area (TPSA) is 73.5 Å². The van der Waals surface area contributed by atoms with Crippen molar-refractivity contribution in [2.24, 2.45) is 0 Å². The van der Waals surface area contributed by atoms with Crippen LogP contribution in [-0.4, -0.2) is 31.6 Å². The fourth-order valence-corrected chi connectivity index (χ4v) is 3.61. The number of fused-ring (bicyclic) bond motifs is 1. The van der Waals surface area contributed by atoms with Crippen molar-refractivity contribution >= 4 is 34.9 Å². The van der Waals surface area contributed by atoms with Gasteiger partial charge in [0.05, 0.1) is 16.4 Å². The molecule has 6 nitrogen and oxygen atoms in total. The SMILES string of the molecule is O=C(Nc1ccc2c(c1F)CCNC2)c1ccc(Cl)c(N2CCNC2=O)c1. The van der Waals surface area contributed by atoms with Gasteiger partial charge in [0, 0.05) is 25.2 Å². The summed E-state index contributed by atoms with van der Waals surface area (Å²) < 4.78 is 14.7. The molecule has 3 amide bonds. The maximum Gasteiger partial charge on any atom is 0.322 e. The third-order valence-electron chi connectivity index (χ3n) is 4.81. The number of carbonyl (C=O) groups excluding carboxylic acids is 2. The Morgan fingerprint density at radius 3 is 2.85 bits per heavy atom. The van der Waals surface area contributed by atoms with E-state index in [4.69, 9.17) is 11.6 Å². The van der Waals surface area contributed by atoms with E-state index in [-0.39, 0.29) is 11.7 Å². The summed E-state index contributed by atoms with van der Waals surface area (Å²) in [6, 6.07) is 7.79. The molecule has 0 aromatic heterocycles. The molecule has 0 radical (unpaired) electrons. The van der Waals surface area contributed by atoms with Gasteiger partial charge in [-0.2, -0.15) is 0 Å². The Balaban J connectivity index is 1.60. The highest BCUT2D eigenvalue weighted by Crippen LogP contribution is 2.29. The van der Waals surface area contributed by atoms with Gasteiger partial charge in [-0.15, -0.1) is 0 Å². The Morgan fingerprint density at radius 2 is 2.07 bits per heavy atom. The van der Waals surface area contributed by atoms with Crippen LogP contribution in [0.25, 0.3) is 0 Å². The van der Waals surface area contributed by atoms with Crippen LogP contribution >= 0.6 is 11.6 Å². The number of hydrogen-bond donors (Lipinski definition) is 3. The Labute approximate surface area is 160 Å². The Morgan fingerprint density at radius 1 is 1.22 bits per heavy atom. The minimum Gasteiger partial charge on any atom is -0.336 e. The van der Waals surface area contributed by atoms with Crippen LogP contribution in [0.1, 0.15) is 21.5 Å². The molecule has 0 unspecified atom stereocenters. The van der Waals surface area contributed by atoms with Crippen molar-refractivity contribution in [2.75, 3.05) is 29.9 Å². The van der Waals surface area contributed by atoms with Gasteiger partial charge in [0.1, 0.15) is 5.82 Å². The van der Waals surface area contributed by atoms with E-state index in [9.17, 15) is 14.0 Å². The van der Waals surface area contributed by atoms with Crippen LogP contribution in [0.5, 0.6) is 0 Å². The summed E-state index contributed by atoms with van der Waals surface area (Å²) >= 11 is 6.19. The number of amides is 3. The molecule has 0 saturated carbocycles. The summed E-state index contributed by atoms with van der Waals surface area (Å²) in [5.74, 6) is -0.851. The van der Waals surface area contributed by atoms with Crippen molar-refractivity contribution in [2.45, 2.75) is 13.0 Å². The van der Waals surface area contributed by atoms with Gasteiger partial charge in [-0.1, -0.05) is 17.7 Å². The minimum atomic E-state index is -0.458. The molecule has 27 heavy (non-hydrogen) atoms. The summed E-state index contributed by atoms with van der Waals surface area (Å²) in [5, 5.41) is 8.89. The van der Waals surface area contributed by atoms with Gasteiger partial charge >= 0.3 is 6.03 Å². The maximum absolute atomic E-state index is 14.7. The molecule has 8 heteroatoms. The van der Waals surface area contributed by atoms with Crippen LogP contribution < -0.4 is 20.9 Å². The molecule has 4 rings (SSSR count). The van der Waals surface area contributed by atoms with Crippen molar-refractivity contribution in [3.8, 4) is 0 Å². The molecule has 2 heterocycles. The van der Waals surface area contributed by atoms with E-state index < -0.39 is 11.7 Å². The van der Waals surface area contributed by atoms with Crippen LogP contribution in [0.4, 0.5) is 20.6 Å². The third kappa shape index (κ3) is 3.36. The van der Waals surface area contributed by atoms with Crippen LogP contribution in [0, 0.1) is 5.82 Å². The average molecular weight is 389 g/mol. The molecule has 2 aromatic carbocycles. The zero-order valence-electron chi connectivity index (χ0n) is 14.4.